The van der Waals surface area contributed by atoms with E-state index in [1.165, 1.54) is 18.3 Å². The Hall–Kier alpha value is -2.01. The molecule has 6 nitrogen and oxygen atoms in total. The van der Waals surface area contributed by atoms with Crippen LogP contribution in [0.5, 0.6) is 0 Å². The number of aromatic nitrogens is 2. The van der Waals surface area contributed by atoms with E-state index in [0.29, 0.717) is 10.6 Å². The fraction of sp³-hybridized carbons (Fsp3) is 0.0833. The zero-order chi connectivity index (χ0) is 14.6. The molecule has 1 aromatic carbocycles. The van der Waals surface area contributed by atoms with E-state index >= 15 is 0 Å². The highest BCUT2D eigenvalue weighted by atomic mass is 35.5. The van der Waals surface area contributed by atoms with Crippen molar-refractivity contribution in [3.63, 3.8) is 0 Å². The number of nitrogens with one attached hydrogen (secondary N) is 2. The van der Waals surface area contributed by atoms with Crippen molar-refractivity contribution < 1.29 is 8.42 Å². The number of halogens is 1. The predicted octanol–water partition coefficient (Wildman–Crippen LogP) is 1.17. The summed E-state index contributed by atoms with van der Waals surface area (Å²) in [4.78, 5) is 0. The van der Waals surface area contributed by atoms with Crippen LogP contribution in [0.2, 0.25) is 5.02 Å². The van der Waals surface area contributed by atoms with Gasteiger partial charge in [-0.05, 0) is 24.3 Å². The van der Waals surface area contributed by atoms with Crippen LogP contribution in [-0.4, -0.2) is 25.2 Å². The van der Waals surface area contributed by atoms with Gasteiger partial charge in [-0.15, -0.1) is 0 Å². The Morgan fingerprint density at radius 2 is 2.20 bits per heavy atom. The van der Waals surface area contributed by atoms with Crippen molar-refractivity contribution in [3.8, 4) is 11.8 Å². The van der Waals surface area contributed by atoms with Crippen molar-refractivity contribution in [3.05, 3.63) is 41.0 Å². The monoisotopic (exact) mass is 310 g/mol. The van der Waals surface area contributed by atoms with Gasteiger partial charge in [-0.1, -0.05) is 23.4 Å². The molecule has 1 aromatic heterocycles. The van der Waals surface area contributed by atoms with Gasteiger partial charge >= 0.3 is 0 Å². The van der Waals surface area contributed by atoms with Crippen LogP contribution in [0.4, 0.5) is 5.69 Å². The average Bonchev–Trinajstić information content (AvgIpc) is 2.92. The lowest BCUT2D eigenvalue weighted by molar-refractivity contribution is 0.597. The Morgan fingerprint density at radius 1 is 1.40 bits per heavy atom. The second-order valence-corrected chi connectivity index (χ2v) is 5.81. The van der Waals surface area contributed by atoms with Crippen molar-refractivity contribution >= 4 is 27.3 Å². The lowest BCUT2D eigenvalue weighted by Crippen LogP contribution is -2.14. The van der Waals surface area contributed by atoms with E-state index in [4.69, 9.17) is 17.3 Å². The van der Waals surface area contributed by atoms with Crippen LogP contribution < -0.4 is 10.5 Å². The number of benzene rings is 1. The van der Waals surface area contributed by atoms with Crippen molar-refractivity contribution in [2.75, 3.05) is 11.3 Å². The minimum atomic E-state index is -3.76. The van der Waals surface area contributed by atoms with E-state index in [9.17, 15) is 8.42 Å². The topological polar surface area (TPSA) is 101 Å². The molecule has 1 heterocycles. The van der Waals surface area contributed by atoms with E-state index < -0.39 is 10.0 Å². The van der Waals surface area contributed by atoms with Gasteiger partial charge in [0.05, 0.1) is 18.4 Å². The largest absolute Gasteiger partial charge is 0.320 e. The molecule has 4 N–H and O–H groups in total. The zero-order valence-electron chi connectivity index (χ0n) is 10.2. The van der Waals surface area contributed by atoms with Crippen LogP contribution in [0, 0.1) is 11.8 Å². The SMILES string of the molecule is NCC#Cc1ccc(Cl)cc1NS(=O)(=O)c1ccn[nH]1. The highest BCUT2D eigenvalue weighted by Crippen LogP contribution is 2.23. The Labute approximate surface area is 121 Å². The smallest absolute Gasteiger partial charge is 0.278 e. The summed E-state index contributed by atoms with van der Waals surface area (Å²) in [5.41, 5.74) is 6.08. The molecular formula is C12H11ClN4O2S. The molecule has 0 unspecified atom stereocenters. The maximum Gasteiger partial charge on any atom is 0.278 e. The first-order valence-electron chi connectivity index (χ1n) is 5.53. The van der Waals surface area contributed by atoms with E-state index in [-0.39, 0.29) is 17.3 Å². The third-order valence-electron chi connectivity index (χ3n) is 2.32. The Kier molecular flexibility index (Phi) is 4.29. The molecule has 2 rings (SSSR count). The van der Waals surface area contributed by atoms with Gasteiger partial charge in [0.15, 0.2) is 5.03 Å². The van der Waals surface area contributed by atoms with E-state index in [0.717, 1.165) is 0 Å². The molecule has 0 spiro atoms. The number of rotatable bonds is 3. The summed E-state index contributed by atoms with van der Waals surface area (Å²) in [6, 6.07) is 6.07. The number of hydrogen-bond donors (Lipinski definition) is 3. The summed E-state index contributed by atoms with van der Waals surface area (Å²) in [5.74, 6) is 5.45. The van der Waals surface area contributed by atoms with Crippen molar-refractivity contribution in [2.24, 2.45) is 5.73 Å². The van der Waals surface area contributed by atoms with Gasteiger partial charge in [-0.3, -0.25) is 9.82 Å². The van der Waals surface area contributed by atoms with Crippen molar-refractivity contribution in [1.82, 2.24) is 10.2 Å². The van der Waals surface area contributed by atoms with Crippen LogP contribution in [0.25, 0.3) is 0 Å². The predicted molar refractivity (Wildman–Crippen MR) is 76.8 cm³/mol. The van der Waals surface area contributed by atoms with Crippen LogP contribution in [0.3, 0.4) is 0 Å². The lowest BCUT2D eigenvalue weighted by Gasteiger charge is -2.08. The molecule has 8 heteroatoms. The normalized spacial score (nSPS) is 10.7. The summed E-state index contributed by atoms with van der Waals surface area (Å²) in [6.07, 6.45) is 1.35. The summed E-state index contributed by atoms with van der Waals surface area (Å²) >= 11 is 5.88. The first kappa shape index (κ1) is 14.4. The molecule has 0 saturated heterocycles. The molecule has 0 atom stereocenters. The number of nitrogens with zero attached hydrogens (tertiary/aromatic N) is 1. The minimum absolute atomic E-state index is 0.0461. The van der Waals surface area contributed by atoms with Crippen LogP contribution >= 0.6 is 11.6 Å². The number of nitrogens with two attached hydrogens (primary N) is 1. The van der Waals surface area contributed by atoms with E-state index in [1.54, 1.807) is 12.1 Å². The molecular weight excluding hydrogens is 300 g/mol. The van der Waals surface area contributed by atoms with Gasteiger partial charge in [0.2, 0.25) is 0 Å². The molecule has 0 fully saturated rings. The molecule has 0 aliphatic heterocycles. The van der Waals surface area contributed by atoms with Gasteiger partial charge in [0, 0.05) is 10.6 Å². The Bertz CT molecular complexity index is 760. The quantitative estimate of drug-likeness (QED) is 0.741. The second kappa shape index (κ2) is 5.96. The number of sulfonamides is 1. The highest BCUT2D eigenvalue weighted by Gasteiger charge is 2.17. The standard InChI is InChI=1S/C12H11ClN4O2S/c13-10-4-3-9(2-1-6-14)11(8-10)17-20(18,19)12-5-7-15-16-12/h3-5,7-8,17H,6,14H2,(H,15,16). The first-order valence-corrected chi connectivity index (χ1v) is 7.40. The maximum absolute atomic E-state index is 12.1. The van der Waals surface area contributed by atoms with Gasteiger partial charge in [-0.25, -0.2) is 0 Å². The third kappa shape index (κ3) is 3.30. The minimum Gasteiger partial charge on any atom is -0.320 e. The van der Waals surface area contributed by atoms with Gasteiger partial charge < -0.3 is 5.73 Å². The first-order chi connectivity index (χ1) is 9.53. The summed E-state index contributed by atoms with van der Waals surface area (Å²) in [5, 5.41) is 6.34. The van der Waals surface area contributed by atoms with E-state index in [1.807, 2.05) is 0 Å². The van der Waals surface area contributed by atoms with Gasteiger partial charge in [0.25, 0.3) is 10.0 Å². The van der Waals surface area contributed by atoms with Crippen molar-refractivity contribution in [2.45, 2.75) is 5.03 Å². The highest BCUT2D eigenvalue weighted by molar-refractivity contribution is 7.92. The molecule has 0 saturated carbocycles. The van der Waals surface area contributed by atoms with Crippen LogP contribution in [-0.2, 0) is 10.0 Å². The lowest BCUT2D eigenvalue weighted by atomic mass is 10.2. The molecule has 20 heavy (non-hydrogen) atoms. The number of H-pyrrole nitrogens is 1. The molecule has 0 radical (unpaired) electrons. The fourth-order valence-corrected chi connectivity index (χ4v) is 2.60. The fourth-order valence-electron chi connectivity index (χ4n) is 1.45. The Balaban J connectivity index is 2.40. The number of anilines is 1. The number of hydrogen-bond acceptors (Lipinski definition) is 4. The summed E-state index contributed by atoms with van der Waals surface area (Å²) in [6.45, 7) is 0.176. The molecule has 0 bridgehead atoms. The molecule has 104 valence electrons. The van der Waals surface area contributed by atoms with Crippen LogP contribution in [0.15, 0.2) is 35.5 Å². The summed E-state index contributed by atoms with van der Waals surface area (Å²) in [7, 11) is -3.76. The summed E-state index contributed by atoms with van der Waals surface area (Å²) < 4.78 is 26.6. The zero-order valence-corrected chi connectivity index (χ0v) is 11.8. The van der Waals surface area contributed by atoms with Crippen LogP contribution in [0.1, 0.15) is 5.56 Å². The number of aromatic amines is 1. The molecule has 0 amide bonds. The molecule has 2 aromatic rings. The van der Waals surface area contributed by atoms with Gasteiger partial charge in [-0.2, -0.15) is 13.5 Å². The van der Waals surface area contributed by atoms with Gasteiger partial charge in [0.1, 0.15) is 0 Å². The third-order valence-corrected chi connectivity index (χ3v) is 3.85. The maximum atomic E-state index is 12.1. The molecule has 0 aliphatic rings. The average molecular weight is 311 g/mol. The molecule has 0 aliphatic carbocycles. The van der Waals surface area contributed by atoms with E-state index in [2.05, 4.69) is 26.8 Å². The second-order valence-electron chi connectivity index (χ2n) is 3.72. The Morgan fingerprint density at radius 3 is 2.85 bits per heavy atom. The van der Waals surface area contributed by atoms with Crippen molar-refractivity contribution in [1.29, 1.82) is 0 Å².